The molecule has 0 atom stereocenters. The minimum Gasteiger partial charge on any atom is -0.334 e. The number of halogens is 2. The zero-order chi connectivity index (χ0) is 15.2. The fraction of sp³-hybridized carbons (Fsp3) is 0.333. The second kappa shape index (κ2) is 4.85. The Morgan fingerprint density at radius 1 is 1.48 bits per heavy atom. The third-order valence-electron chi connectivity index (χ3n) is 3.56. The molecule has 1 heterocycles. The number of benzene rings is 1. The third-order valence-corrected chi connectivity index (χ3v) is 4.40. The Kier molecular flexibility index (Phi) is 3.25. The van der Waals surface area contributed by atoms with Crippen molar-refractivity contribution in [1.29, 1.82) is 0 Å². The summed E-state index contributed by atoms with van der Waals surface area (Å²) in [5.41, 5.74) is 5.19. The van der Waals surface area contributed by atoms with Crippen LogP contribution in [0.25, 0.3) is 11.5 Å². The summed E-state index contributed by atoms with van der Waals surface area (Å²) in [4.78, 5) is 14.4. The first kappa shape index (κ1) is 14.1. The maximum Gasteiger partial charge on any atom is 0.287 e. The molecule has 3 rings (SSSR count). The Balaban J connectivity index is 2.07. The Morgan fingerprint density at radius 2 is 2.19 bits per heavy atom. The molecule has 110 valence electrons. The first-order valence-electron chi connectivity index (χ1n) is 6.17. The maximum absolute atomic E-state index is 13.5. The molecule has 9 heteroatoms. The van der Waals surface area contributed by atoms with Gasteiger partial charge in [0.15, 0.2) is 5.82 Å². The molecule has 1 aliphatic carbocycles. The van der Waals surface area contributed by atoms with Crippen LogP contribution in [-0.2, 0) is 5.54 Å². The molecule has 0 bridgehead atoms. The van der Waals surface area contributed by atoms with Crippen molar-refractivity contribution in [2.75, 3.05) is 0 Å². The average molecular weight is 357 g/mol. The zero-order valence-corrected chi connectivity index (χ0v) is 12.3. The van der Waals surface area contributed by atoms with Crippen LogP contribution in [0.4, 0.5) is 10.1 Å². The number of nitro groups is 1. The van der Waals surface area contributed by atoms with Crippen LogP contribution < -0.4 is 5.73 Å². The lowest BCUT2D eigenvalue weighted by atomic mass is 9.77. The lowest BCUT2D eigenvalue weighted by Gasteiger charge is -2.34. The quantitative estimate of drug-likeness (QED) is 0.668. The minimum atomic E-state index is -0.759. The number of nitrogens with two attached hydrogens (primary N) is 1. The van der Waals surface area contributed by atoms with Crippen LogP contribution in [0.15, 0.2) is 21.1 Å². The number of rotatable bonds is 3. The van der Waals surface area contributed by atoms with E-state index in [0.717, 1.165) is 31.4 Å². The van der Waals surface area contributed by atoms with Gasteiger partial charge in [0, 0.05) is 0 Å². The van der Waals surface area contributed by atoms with Crippen LogP contribution in [-0.4, -0.2) is 15.1 Å². The Hall–Kier alpha value is -1.87. The number of nitrogens with zero attached hydrogens (tertiary/aromatic N) is 3. The summed E-state index contributed by atoms with van der Waals surface area (Å²) in [7, 11) is 0. The molecule has 1 aromatic carbocycles. The first-order chi connectivity index (χ1) is 9.90. The second-order valence-corrected chi connectivity index (χ2v) is 5.77. The molecule has 1 aliphatic rings. The Bertz CT molecular complexity index is 729. The molecule has 0 spiro atoms. The van der Waals surface area contributed by atoms with E-state index in [0.29, 0.717) is 5.82 Å². The van der Waals surface area contributed by atoms with Crippen LogP contribution in [0.2, 0.25) is 0 Å². The topological polar surface area (TPSA) is 108 Å². The number of hydrogen-bond donors (Lipinski definition) is 1. The van der Waals surface area contributed by atoms with Gasteiger partial charge in [0.2, 0.25) is 0 Å². The van der Waals surface area contributed by atoms with E-state index in [9.17, 15) is 14.5 Å². The highest BCUT2D eigenvalue weighted by atomic mass is 79.9. The van der Waals surface area contributed by atoms with Crippen LogP contribution >= 0.6 is 15.9 Å². The van der Waals surface area contributed by atoms with E-state index in [1.165, 1.54) is 0 Å². The van der Waals surface area contributed by atoms with E-state index in [4.69, 9.17) is 10.3 Å². The van der Waals surface area contributed by atoms with Crippen molar-refractivity contribution in [1.82, 2.24) is 10.1 Å². The number of nitro benzene ring substituents is 1. The van der Waals surface area contributed by atoms with Gasteiger partial charge < -0.3 is 10.3 Å². The van der Waals surface area contributed by atoms with Crippen molar-refractivity contribution in [3.63, 3.8) is 0 Å². The van der Waals surface area contributed by atoms with E-state index >= 15 is 0 Å². The van der Waals surface area contributed by atoms with Gasteiger partial charge in [-0.1, -0.05) is 5.16 Å². The molecular weight excluding hydrogens is 347 g/mol. The summed E-state index contributed by atoms with van der Waals surface area (Å²) in [6.45, 7) is 0. The number of hydrogen-bond acceptors (Lipinski definition) is 6. The molecule has 1 fully saturated rings. The zero-order valence-electron chi connectivity index (χ0n) is 10.7. The molecule has 2 N–H and O–H groups in total. The smallest absolute Gasteiger partial charge is 0.287 e. The molecule has 2 aromatic rings. The molecule has 1 saturated carbocycles. The van der Waals surface area contributed by atoms with Gasteiger partial charge in [0.05, 0.1) is 22.1 Å². The molecule has 21 heavy (non-hydrogen) atoms. The van der Waals surface area contributed by atoms with Crippen LogP contribution in [0.1, 0.15) is 25.1 Å². The fourth-order valence-electron chi connectivity index (χ4n) is 2.18. The van der Waals surface area contributed by atoms with Crippen molar-refractivity contribution in [2.45, 2.75) is 24.8 Å². The fourth-order valence-corrected chi connectivity index (χ4v) is 2.72. The molecule has 0 aliphatic heterocycles. The summed E-state index contributed by atoms with van der Waals surface area (Å²) in [5.74, 6) is -0.426. The van der Waals surface area contributed by atoms with Crippen molar-refractivity contribution >= 4 is 21.6 Å². The van der Waals surface area contributed by atoms with Gasteiger partial charge in [-0.3, -0.25) is 10.1 Å². The maximum atomic E-state index is 13.5. The average Bonchev–Trinajstić information content (AvgIpc) is 2.87. The largest absolute Gasteiger partial charge is 0.334 e. The van der Waals surface area contributed by atoms with Gasteiger partial charge in [-0.05, 0) is 41.3 Å². The highest BCUT2D eigenvalue weighted by molar-refractivity contribution is 9.10. The van der Waals surface area contributed by atoms with Gasteiger partial charge in [-0.15, -0.1) is 0 Å². The normalized spacial score (nSPS) is 16.5. The first-order valence-corrected chi connectivity index (χ1v) is 6.97. The molecule has 0 radical (unpaired) electrons. The third kappa shape index (κ3) is 2.32. The molecular formula is C12H10BrFN4O3. The van der Waals surface area contributed by atoms with Crippen LogP contribution in [0, 0.1) is 15.9 Å². The van der Waals surface area contributed by atoms with E-state index in [1.54, 1.807) is 0 Å². The predicted octanol–water partition coefficient (Wildman–Crippen LogP) is 2.88. The summed E-state index contributed by atoms with van der Waals surface area (Å²) in [6.07, 6.45) is 2.47. The lowest BCUT2D eigenvalue weighted by Crippen LogP contribution is -2.44. The SMILES string of the molecule is NC1(c2noc(-c3cc(F)cc([N+](=O)[O-])c3Br)n2)CCC1. The molecule has 0 unspecified atom stereocenters. The Labute approximate surface area is 126 Å². The lowest BCUT2D eigenvalue weighted by molar-refractivity contribution is -0.385. The van der Waals surface area contributed by atoms with Crippen molar-refractivity contribution in [3.05, 3.63) is 38.4 Å². The summed E-state index contributed by atoms with van der Waals surface area (Å²) < 4.78 is 18.7. The van der Waals surface area contributed by atoms with E-state index in [2.05, 4.69) is 26.1 Å². The van der Waals surface area contributed by atoms with E-state index < -0.39 is 22.0 Å². The van der Waals surface area contributed by atoms with Crippen molar-refractivity contribution in [2.24, 2.45) is 5.73 Å². The molecule has 7 nitrogen and oxygen atoms in total. The summed E-state index contributed by atoms with van der Waals surface area (Å²) in [5, 5.41) is 14.7. The van der Waals surface area contributed by atoms with Gasteiger partial charge in [-0.25, -0.2) is 4.39 Å². The van der Waals surface area contributed by atoms with Gasteiger partial charge in [0.25, 0.3) is 11.6 Å². The highest BCUT2D eigenvalue weighted by Gasteiger charge is 2.39. The number of aromatic nitrogens is 2. The minimum absolute atomic E-state index is 0.00352. The second-order valence-electron chi connectivity index (χ2n) is 4.98. The molecule has 1 aromatic heterocycles. The van der Waals surface area contributed by atoms with Crippen LogP contribution in [0.3, 0.4) is 0 Å². The van der Waals surface area contributed by atoms with Crippen molar-refractivity contribution < 1.29 is 13.8 Å². The van der Waals surface area contributed by atoms with E-state index in [1.807, 2.05) is 0 Å². The predicted molar refractivity (Wildman–Crippen MR) is 73.8 cm³/mol. The van der Waals surface area contributed by atoms with Gasteiger partial charge >= 0.3 is 0 Å². The Morgan fingerprint density at radius 3 is 2.76 bits per heavy atom. The van der Waals surface area contributed by atoms with Crippen LogP contribution in [0.5, 0.6) is 0 Å². The molecule has 0 saturated heterocycles. The molecule has 0 amide bonds. The monoisotopic (exact) mass is 356 g/mol. The standard InChI is InChI=1S/C12H10BrFN4O3/c13-9-7(4-6(14)5-8(9)18(19)20)10-16-11(17-21-10)12(15)2-1-3-12/h4-5H,1-3,15H2. The van der Waals surface area contributed by atoms with Gasteiger partial charge in [0.1, 0.15) is 10.3 Å². The van der Waals surface area contributed by atoms with Crippen molar-refractivity contribution in [3.8, 4) is 11.5 Å². The highest BCUT2D eigenvalue weighted by Crippen LogP contribution is 2.40. The summed E-state index contributed by atoms with van der Waals surface area (Å²) in [6, 6.07) is 1.92. The van der Waals surface area contributed by atoms with Gasteiger partial charge in [-0.2, -0.15) is 4.98 Å². The van der Waals surface area contributed by atoms with E-state index in [-0.39, 0.29) is 15.9 Å². The summed E-state index contributed by atoms with van der Waals surface area (Å²) >= 11 is 3.08.